The molecule has 28 heavy (non-hydrogen) atoms. The van der Waals surface area contributed by atoms with Gasteiger partial charge in [-0.25, -0.2) is 4.79 Å². The van der Waals surface area contributed by atoms with E-state index in [4.69, 9.17) is 18.9 Å². The van der Waals surface area contributed by atoms with Gasteiger partial charge in [-0.15, -0.1) is 11.8 Å². The first-order valence-corrected chi connectivity index (χ1v) is 9.79. The maximum absolute atomic E-state index is 12.0. The molecule has 0 saturated heterocycles. The van der Waals surface area contributed by atoms with Gasteiger partial charge in [-0.05, 0) is 19.9 Å². The van der Waals surface area contributed by atoms with Gasteiger partial charge < -0.3 is 29.4 Å². The van der Waals surface area contributed by atoms with Crippen molar-refractivity contribution >= 4 is 23.6 Å². The summed E-state index contributed by atoms with van der Waals surface area (Å²) in [6, 6.07) is 2.66. The largest absolute Gasteiger partial charge is 0.493 e. The summed E-state index contributed by atoms with van der Waals surface area (Å²) in [5.41, 5.74) is -0.139. The molecule has 0 fully saturated rings. The van der Waals surface area contributed by atoms with Crippen LogP contribution in [0.25, 0.3) is 0 Å². The molecule has 1 aliphatic heterocycles. The van der Waals surface area contributed by atoms with Gasteiger partial charge >= 0.3 is 5.97 Å². The molecular weight excluding hydrogens is 386 g/mol. The van der Waals surface area contributed by atoms with Gasteiger partial charge in [0.25, 0.3) is 0 Å². The molecule has 1 aromatic carbocycles. The van der Waals surface area contributed by atoms with E-state index in [2.05, 4.69) is 5.32 Å². The van der Waals surface area contributed by atoms with Crippen LogP contribution in [-0.4, -0.2) is 61.8 Å². The van der Waals surface area contributed by atoms with E-state index in [1.807, 2.05) is 0 Å². The summed E-state index contributed by atoms with van der Waals surface area (Å²) in [5, 5.41) is 13.1. The van der Waals surface area contributed by atoms with Gasteiger partial charge in [-0.1, -0.05) is 0 Å². The molecule has 0 aromatic heterocycles. The molecule has 1 heterocycles. The van der Waals surface area contributed by atoms with Crippen LogP contribution < -0.4 is 19.5 Å². The van der Waals surface area contributed by atoms with Gasteiger partial charge in [0.2, 0.25) is 5.91 Å². The van der Waals surface area contributed by atoms with E-state index >= 15 is 0 Å². The number of fused-ring (bicyclic) bond motifs is 1. The molecule has 9 heteroatoms. The number of rotatable bonds is 7. The van der Waals surface area contributed by atoms with Gasteiger partial charge in [0.1, 0.15) is 23.5 Å². The lowest BCUT2D eigenvalue weighted by Crippen LogP contribution is -2.49. The fraction of sp³-hybridized carbons (Fsp3) is 0.579. The summed E-state index contributed by atoms with van der Waals surface area (Å²) in [6.45, 7) is 4.91. The van der Waals surface area contributed by atoms with Gasteiger partial charge in [0.15, 0.2) is 11.5 Å². The quantitative estimate of drug-likeness (QED) is 0.651. The highest BCUT2D eigenvalue weighted by molar-refractivity contribution is 7.99. The number of hydrogen-bond donors (Lipinski definition) is 2. The molecule has 0 aliphatic carbocycles. The number of aliphatic hydroxyl groups excluding tert-OH is 1. The molecule has 0 bridgehead atoms. The summed E-state index contributed by atoms with van der Waals surface area (Å²) >= 11 is 1.33. The van der Waals surface area contributed by atoms with Crippen molar-refractivity contribution in [3.8, 4) is 17.2 Å². The van der Waals surface area contributed by atoms with Gasteiger partial charge in [-0.2, -0.15) is 0 Å². The molecule has 0 saturated carbocycles. The lowest BCUT2D eigenvalue weighted by Gasteiger charge is -2.42. The van der Waals surface area contributed by atoms with Crippen molar-refractivity contribution in [3.63, 3.8) is 0 Å². The molecule has 1 aliphatic rings. The number of carbonyl (C=O) groups is 2. The Kier molecular flexibility index (Phi) is 7.06. The number of nitrogens with one attached hydrogen (secondary N) is 1. The van der Waals surface area contributed by atoms with Crippen LogP contribution in [0.3, 0.4) is 0 Å². The summed E-state index contributed by atoms with van der Waals surface area (Å²) in [6.07, 6.45) is -0.862. The van der Waals surface area contributed by atoms with Crippen LogP contribution in [-0.2, 0) is 14.3 Å². The molecule has 0 spiro atoms. The first-order chi connectivity index (χ1) is 13.1. The molecular formula is C19H27NO7S. The molecule has 2 rings (SSSR count). The second kappa shape index (κ2) is 8.91. The van der Waals surface area contributed by atoms with Crippen LogP contribution in [0.1, 0.15) is 31.6 Å². The minimum Gasteiger partial charge on any atom is -0.493 e. The van der Waals surface area contributed by atoms with E-state index in [0.717, 1.165) is 5.56 Å². The van der Waals surface area contributed by atoms with Crippen molar-refractivity contribution < 1.29 is 33.6 Å². The summed E-state index contributed by atoms with van der Waals surface area (Å²) in [5.74, 6) is 0.931. The maximum atomic E-state index is 12.0. The van der Waals surface area contributed by atoms with Crippen molar-refractivity contribution in [1.82, 2.24) is 5.32 Å². The Morgan fingerprint density at radius 2 is 1.86 bits per heavy atom. The SMILES string of the molecule is COC(=O)[C@H](CS[C@H]1c2cc(OC)c(OC)cc2OC(C)(C)[C@H]1O)NC(C)=O. The average molecular weight is 413 g/mol. The number of thioether (sulfide) groups is 1. The number of aliphatic hydroxyl groups is 1. The number of methoxy groups -OCH3 is 3. The Bertz CT molecular complexity index is 737. The van der Waals surface area contributed by atoms with Crippen LogP contribution >= 0.6 is 11.8 Å². The van der Waals surface area contributed by atoms with Crippen molar-refractivity contribution in [3.05, 3.63) is 17.7 Å². The third-order valence-electron chi connectivity index (χ3n) is 4.50. The fourth-order valence-corrected chi connectivity index (χ4v) is 4.50. The zero-order valence-corrected chi connectivity index (χ0v) is 17.7. The number of ether oxygens (including phenoxy) is 4. The molecule has 1 aromatic rings. The number of benzene rings is 1. The van der Waals surface area contributed by atoms with Crippen molar-refractivity contribution in [2.45, 2.75) is 43.8 Å². The van der Waals surface area contributed by atoms with Crippen LogP contribution in [0.15, 0.2) is 12.1 Å². The van der Waals surface area contributed by atoms with Gasteiger partial charge in [-0.3, -0.25) is 4.79 Å². The Hall–Kier alpha value is -2.13. The zero-order valence-electron chi connectivity index (χ0n) is 16.9. The average Bonchev–Trinajstić information content (AvgIpc) is 2.65. The van der Waals surface area contributed by atoms with E-state index in [-0.39, 0.29) is 11.7 Å². The normalized spacial score (nSPS) is 21.0. The van der Waals surface area contributed by atoms with Crippen molar-refractivity contribution in [1.29, 1.82) is 0 Å². The Morgan fingerprint density at radius 1 is 1.25 bits per heavy atom. The Balaban J connectivity index is 2.37. The maximum Gasteiger partial charge on any atom is 0.329 e. The molecule has 156 valence electrons. The highest BCUT2D eigenvalue weighted by Gasteiger charge is 2.44. The minimum atomic E-state index is -0.862. The van der Waals surface area contributed by atoms with E-state index in [0.29, 0.717) is 17.2 Å². The second-order valence-corrected chi connectivity index (χ2v) is 8.10. The summed E-state index contributed by atoms with van der Waals surface area (Å²) in [7, 11) is 4.33. The molecule has 0 radical (unpaired) electrons. The lowest BCUT2D eigenvalue weighted by atomic mass is 9.90. The number of esters is 1. The minimum absolute atomic E-state index is 0.220. The van der Waals surface area contributed by atoms with Crippen molar-refractivity contribution in [2.75, 3.05) is 27.1 Å². The van der Waals surface area contributed by atoms with Gasteiger partial charge in [0, 0.05) is 24.3 Å². The summed E-state index contributed by atoms with van der Waals surface area (Å²) < 4.78 is 21.5. The van der Waals surface area contributed by atoms with Gasteiger partial charge in [0.05, 0.1) is 26.6 Å². The summed E-state index contributed by atoms with van der Waals surface area (Å²) in [4.78, 5) is 23.4. The van der Waals surface area contributed by atoms with Crippen molar-refractivity contribution in [2.24, 2.45) is 0 Å². The van der Waals surface area contributed by atoms with Crippen LogP contribution in [0.5, 0.6) is 17.2 Å². The van der Waals surface area contributed by atoms with E-state index in [1.165, 1.54) is 40.0 Å². The predicted molar refractivity (Wildman–Crippen MR) is 105 cm³/mol. The highest BCUT2D eigenvalue weighted by Crippen LogP contribution is 2.50. The standard InChI is InChI=1S/C19H27NO7S/c1-10(21)20-12(18(23)26-6)9-28-16-11-7-14(24-4)15(25-5)8-13(11)27-19(2,3)17(16)22/h7-8,12,16-17,22H,9H2,1-6H3,(H,20,21)/t12-,16-,17-/m0/s1. The number of carbonyl (C=O) groups excluding carboxylic acids is 2. The Labute approximate surface area is 168 Å². The molecule has 0 unspecified atom stereocenters. The topological polar surface area (TPSA) is 103 Å². The lowest BCUT2D eigenvalue weighted by molar-refractivity contribution is -0.144. The molecule has 1 amide bonds. The van der Waals surface area contributed by atoms with Crippen LogP contribution in [0.2, 0.25) is 0 Å². The third-order valence-corrected chi connectivity index (χ3v) is 5.90. The van der Waals surface area contributed by atoms with E-state index in [1.54, 1.807) is 26.0 Å². The number of hydrogen-bond acceptors (Lipinski definition) is 8. The smallest absolute Gasteiger partial charge is 0.329 e. The molecule has 3 atom stereocenters. The monoisotopic (exact) mass is 413 g/mol. The molecule has 8 nitrogen and oxygen atoms in total. The molecule has 2 N–H and O–H groups in total. The van der Waals surface area contributed by atoms with E-state index < -0.39 is 29.0 Å². The predicted octanol–water partition coefficient (Wildman–Crippen LogP) is 1.69. The first kappa shape index (κ1) is 22.2. The highest BCUT2D eigenvalue weighted by atomic mass is 32.2. The van der Waals surface area contributed by atoms with Crippen LogP contribution in [0, 0.1) is 0 Å². The van der Waals surface area contributed by atoms with E-state index in [9.17, 15) is 14.7 Å². The third kappa shape index (κ3) is 4.64. The number of amides is 1. The first-order valence-electron chi connectivity index (χ1n) is 8.74. The zero-order chi connectivity index (χ0) is 21.1. The second-order valence-electron chi connectivity index (χ2n) is 6.93. The Morgan fingerprint density at radius 3 is 2.39 bits per heavy atom. The fourth-order valence-electron chi connectivity index (χ4n) is 3.00. The van der Waals surface area contributed by atoms with Crippen LogP contribution in [0.4, 0.5) is 0 Å².